The maximum Gasteiger partial charge on any atom is 0.261 e. The van der Waals surface area contributed by atoms with E-state index in [0.717, 1.165) is 16.7 Å². The van der Waals surface area contributed by atoms with Crippen molar-refractivity contribution in [3.8, 4) is 11.1 Å². The molecule has 1 N–H and O–H groups in total. The number of benzene rings is 3. The molecule has 3 rings (SSSR count). The van der Waals surface area contributed by atoms with Gasteiger partial charge in [0.25, 0.3) is 10.0 Å². The van der Waals surface area contributed by atoms with Gasteiger partial charge in [0.15, 0.2) is 0 Å². The van der Waals surface area contributed by atoms with Crippen LogP contribution in [0.25, 0.3) is 11.1 Å². The van der Waals surface area contributed by atoms with Crippen molar-refractivity contribution in [3.05, 3.63) is 83.4 Å². The van der Waals surface area contributed by atoms with E-state index in [1.165, 1.54) is 11.1 Å². The molecule has 3 nitrogen and oxygen atoms in total. The van der Waals surface area contributed by atoms with E-state index in [2.05, 4.69) is 36.8 Å². The van der Waals surface area contributed by atoms with Crippen LogP contribution in [0.3, 0.4) is 0 Å². The van der Waals surface area contributed by atoms with Gasteiger partial charge in [-0.3, -0.25) is 4.72 Å². The first-order valence-corrected chi connectivity index (χ1v) is 9.61. The third kappa shape index (κ3) is 3.91. The fraction of sp³-hybridized carbons (Fsp3) is 0.143. The summed E-state index contributed by atoms with van der Waals surface area (Å²) in [6.45, 7) is 6.07. The molecule has 128 valence electrons. The van der Waals surface area contributed by atoms with Gasteiger partial charge in [-0.1, -0.05) is 48.0 Å². The number of hydrogen-bond acceptors (Lipinski definition) is 2. The predicted molar refractivity (Wildman–Crippen MR) is 103 cm³/mol. The zero-order chi connectivity index (χ0) is 18.0. The van der Waals surface area contributed by atoms with E-state index in [-0.39, 0.29) is 4.90 Å². The molecule has 0 spiro atoms. The zero-order valence-electron chi connectivity index (χ0n) is 14.6. The number of aryl methyl sites for hydroxylation is 3. The summed E-state index contributed by atoms with van der Waals surface area (Å²) in [5.41, 5.74) is 6.07. The van der Waals surface area contributed by atoms with Crippen LogP contribution in [0.15, 0.2) is 71.6 Å². The van der Waals surface area contributed by atoms with E-state index in [1.807, 2.05) is 25.1 Å². The Hall–Kier alpha value is -2.59. The summed E-state index contributed by atoms with van der Waals surface area (Å²) in [5.74, 6) is 0. The van der Waals surface area contributed by atoms with Gasteiger partial charge in [0.2, 0.25) is 0 Å². The maximum atomic E-state index is 12.5. The molecule has 0 heterocycles. The van der Waals surface area contributed by atoms with Crippen LogP contribution in [0, 0.1) is 20.8 Å². The molecule has 3 aromatic rings. The van der Waals surface area contributed by atoms with E-state index in [4.69, 9.17) is 0 Å². The van der Waals surface area contributed by atoms with Crippen molar-refractivity contribution in [2.45, 2.75) is 25.7 Å². The molecule has 0 bridgehead atoms. The van der Waals surface area contributed by atoms with Gasteiger partial charge >= 0.3 is 0 Å². The number of anilines is 1. The average Bonchev–Trinajstić information content (AvgIpc) is 2.57. The van der Waals surface area contributed by atoms with Gasteiger partial charge in [-0.2, -0.15) is 0 Å². The molecule has 0 aliphatic heterocycles. The SMILES string of the molecule is Cc1ccc(S(=O)(=O)Nc2cccc(-c3ccc(C)c(C)c3)c2)cc1. The van der Waals surface area contributed by atoms with Gasteiger partial charge in [-0.15, -0.1) is 0 Å². The van der Waals surface area contributed by atoms with Crippen molar-refractivity contribution in [2.24, 2.45) is 0 Å². The Labute approximate surface area is 149 Å². The quantitative estimate of drug-likeness (QED) is 0.712. The van der Waals surface area contributed by atoms with Crippen molar-refractivity contribution in [2.75, 3.05) is 4.72 Å². The van der Waals surface area contributed by atoms with Crippen molar-refractivity contribution in [3.63, 3.8) is 0 Å². The van der Waals surface area contributed by atoms with Crippen LogP contribution in [0.1, 0.15) is 16.7 Å². The average molecular weight is 351 g/mol. The van der Waals surface area contributed by atoms with E-state index < -0.39 is 10.0 Å². The summed E-state index contributed by atoms with van der Waals surface area (Å²) in [4.78, 5) is 0.259. The Balaban J connectivity index is 1.91. The Kier molecular flexibility index (Phi) is 4.64. The fourth-order valence-corrected chi connectivity index (χ4v) is 3.66. The second kappa shape index (κ2) is 6.73. The van der Waals surface area contributed by atoms with Crippen LogP contribution in [0.5, 0.6) is 0 Å². The molecule has 0 saturated carbocycles. The molecular formula is C21H21NO2S. The fourth-order valence-electron chi connectivity index (χ4n) is 2.61. The summed E-state index contributed by atoms with van der Waals surface area (Å²) in [6, 6.07) is 20.5. The molecular weight excluding hydrogens is 330 g/mol. The Morgan fingerprint density at radius 2 is 1.40 bits per heavy atom. The van der Waals surface area contributed by atoms with Crippen molar-refractivity contribution in [1.82, 2.24) is 0 Å². The second-order valence-electron chi connectivity index (χ2n) is 6.30. The van der Waals surface area contributed by atoms with Crippen LogP contribution in [-0.2, 0) is 10.0 Å². The summed E-state index contributed by atoms with van der Waals surface area (Å²) in [5, 5.41) is 0. The molecule has 0 atom stereocenters. The third-order valence-electron chi connectivity index (χ3n) is 4.29. The lowest BCUT2D eigenvalue weighted by molar-refractivity contribution is 0.601. The summed E-state index contributed by atoms with van der Waals surface area (Å²) in [7, 11) is -3.59. The number of rotatable bonds is 4. The first-order valence-electron chi connectivity index (χ1n) is 8.12. The molecule has 0 unspecified atom stereocenters. The van der Waals surface area contributed by atoms with Gasteiger partial charge < -0.3 is 0 Å². The predicted octanol–water partition coefficient (Wildman–Crippen LogP) is 5.08. The highest BCUT2D eigenvalue weighted by Crippen LogP contribution is 2.26. The van der Waals surface area contributed by atoms with E-state index in [9.17, 15) is 8.42 Å². The van der Waals surface area contributed by atoms with Gasteiger partial charge in [0.1, 0.15) is 0 Å². The lowest BCUT2D eigenvalue weighted by Gasteiger charge is -2.11. The maximum absolute atomic E-state index is 12.5. The van der Waals surface area contributed by atoms with E-state index in [1.54, 1.807) is 30.3 Å². The van der Waals surface area contributed by atoms with Crippen LogP contribution in [0.4, 0.5) is 5.69 Å². The molecule has 0 radical (unpaired) electrons. The molecule has 0 fully saturated rings. The third-order valence-corrected chi connectivity index (χ3v) is 5.68. The van der Waals surface area contributed by atoms with E-state index in [0.29, 0.717) is 5.69 Å². The van der Waals surface area contributed by atoms with Gasteiger partial charge in [-0.25, -0.2) is 8.42 Å². The first-order chi connectivity index (χ1) is 11.8. The molecule has 4 heteroatoms. The van der Waals surface area contributed by atoms with Crippen molar-refractivity contribution < 1.29 is 8.42 Å². The highest BCUT2D eigenvalue weighted by Gasteiger charge is 2.14. The van der Waals surface area contributed by atoms with Crippen LogP contribution < -0.4 is 4.72 Å². The van der Waals surface area contributed by atoms with Gasteiger partial charge in [0, 0.05) is 5.69 Å². The molecule has 3 aromatic carbocycles. The first kappa shape index (κ1) is 17.2. The highest BCUT2D eigenvalue weighted by molar-refractivity contribution is 7.92. The number of hydrogen-bond donors (Lipinski definition) is 1. The molecule has 25 heavy (non-hydrogen) atoms. The Morgan fingerprint density at radius 1 is 0.720 bits per heavy atom. The standard InChI is InChI=1S/C21H21NO2S/c1-15-7-11-21(12-8-15)25(23,24)22-20-6-4-5-18(14-20)19-10-9-16(2)17(3)13-19/h4-14,22H,1-3H3. The van der Waals surface area contributed by atoms with Crippen LogP contribution >= 0.6 is 0 Å². The summed E-state index contributed by atoms with van der Waals surface area (Å²) >= 11 is 0. The highest BCUT2D eigenvalue weighted by atomic mass is 32.2. The Bertz CT molecular complexity index is 1010. The largest absolute Gasteiger partial charge is 0.280 e. The summed E-state index contributed by atoms with van der Waals surface area (Å²) < 4.78 is 27.8. The number of nitrogens with one attached hydrogen (secondary N) is 1. The lowest BCUT2D eigenvalue weighted by Crippen LogP contribution is -2.12. The zero-order valence-corrected chi connectivity index (χ0v) is 15.4. The molecule has 0 saturated heterocycles. The minimum absolute atomic E-state index is 0.259. The Morgan fingerprint density at radius 3 is 2.08 bits per heavy atom. The van der Waals surface area contributed by atoms with Crippen LogP contribution in [-0.4, -0.2) is 8.42 Å². The monoisotopic (exact) mass is 351 g/mol. The molecule has 0 aliphatic carbocycles. The molecule has 0 aliphatic rings. The normalized spacial score (nSPS) is 11.3. The minimum atomic E-state index is -3.59. The molecule has 0 amide bonds. The smallest absolute Gasteiger partial charge is 0.261 e. The van der Waals surface area contributed by atoms with Gasteiger partial charge in [0.05, 0.1) is 4.90 Å². The van der Waals surface area contributed by atoms with Crippen molar-refractivity contribution >= 4 is 15.7 Å². The van der Waals surface area contributed by atoms with Gasteiger partial charge in [-0.05, 0) is 67.3 Å². The lowest BCUT2D eigenvalue weighted by atomic mass is 10.0. The van der Waals surface area contributed by atoms with Crippen LogP contribution in [0.2, 0.25) is 0 Å². The topological polar surface area (TPSA) is 46.2 Å². The number of sulfonamides is 1. The second-order valence-corrected chi connectivity index (χ2v) is 7.98. The summed E-state index contributed by atoms with van der Waals surface area (Å²) in [6.07, 6.45) is 0. The van der Waals surface area contributed by atoms with Crippen molar-refractivity contribution in [1.29, 1.82) is 0 Å². The molecule has 0 aromatic heterocycles. The van der Waals surface area contributed by atoms with E-state index >= 15 is 0 Å². The minimum Gasteiger partial charge on any atom is -0.280 e.